The molecular weight excluding hydrogens is 324 g/mol. The summed E-state index contributed by atoms with van der Waals surface area (Å²) in [6.45, 7) is 3.60. The normalized spacial score (nSPS) is 13.0. The van der Waals surface area contributed by atoms with Gasteiger partial charge in [0.05, 0.1) is 12.0 Å². The Morgan fingerprint density at radius 3 is 2.42 bits per heavy atom. The second-order valence-electron chi connectivity index (χ2n) is 6.63. The van der Waals surface area contributed by atoms with Crippen molar-refractivity contribution in [2.75, 3.05) is 5.32 Å². The van der Waals surface area contributed by atoms with E-state index in [-0.39, 0.29) is 12.3 Å². The first-order valence-electron chi connectivity index (χ1n) is 8.54. The van der Waals surface area contributed by atoms with Crippen LogP contribution in [0.1, 0.15) is 24.5 Å². The number of aryl methyl sites for hydroxylation is 1. The van der Waals surface area contributed by atoms with Crippen molar-refractivity contribution >= 4 is 11.6 Å². The van der Waals surface area contributed by atoms with E-state index in [1.807, 2.05) is 67.6 Å². The van der Waals surface area contributed by atoms with Gasteiger partial charge in [0.15, 0.2) is 0 Å². The van der Waals surface area contributed by atoms with Crippen molar-refractivity contribution < 1.29 is 9.90 Å². The fourth-order valence-electron chi connectivity index (χ4n) is 2.89. The van der Waals surface area contributed by atoms with E-state index in [1.54, 1.807) is 19.3 Å². The molecule has 0 saturated carbocycles. The number of amides is 1. The lowest BCUT2D eigenvalue weighted by Crippen LogP contribution is -2.28. The number of hydrogen-bond acceptors (Lipinski definition) is 3. The highest BCUT2D eigenvalue weighted by molar-refractivity contribution is 5.93. The van der Waals surface area contributed by atoms with Gasteiger partial charge in [0.1, 0.15) is 0 Å². The number of anilines is 1. The zero-order valence-corrected chi connectivity index (χ0v) is 14.9. The molecule has 0 saturated heterocycles. The molecule has 1 heterocycles. The van der Waals surface area contributed by atoms with Crippen LogP contribution in [-0.2, 0) is 10.4 Å². The molecule has 0 aliphatic heterocycles. The highest BCUT2D eigenvalue weighted by atomic mass is 16.3. The Kier molecular flexibility index (Phi) is 5.14. The quantitative estimate of drug-likeness (QED) is 0.724. The van der Waals surface area contributed by atoms with Crippen LogP contribution in [0.15, 0.2) is 73.1 Å². The number of rotatable bonds is 5. The first kappa shape index (κ1) is 17.8. The molecule has 1 aromatic heterocycles. The molecule has 132 valence electrons. The van der Waals surface area contributed by atoms with E-state index in [0.717, 1.165) is 27.9 Å². The molecule has 3 rings (SSSR count). The number of nitrogens with zero attached hydrogens (tertiary/aromatic N) is 1. The van der Waals surface area contributed by atoms with Gasteiger partial charge in [-0.25, -0.2) is 0 Å². The van der Waals surface area contributed by atoms with Crippen molar-refractivity contribution in [1.82, 2.24) is 4.98 Å². The van der Waals surface area contributed by atoms with E-state index in [4.69, 9.17) is 0 Å². The molecule has 2 aromatic carbocycles. The third-order valence-electron chi connectivity index (χ3n) is 4.43. The second kappa shape index (κ2) is 7.50. The molecule has 1 unspecified atom stereocenters. The van der Waals surface area contributed by atoms with Crippen LogP contribution in [-0.4, -0.2) is 16.0 Å². The van der Waals surface area contributed by atoms with Gasteiger partial charge in [-0.2, -0.15) is 0 Å². The molecule has 0 aliphatic rings. The summed E-state index contributed by atoms with van der Waals surface area (Å²) in [5, 5.41) is 13.6. The molecule has 0 radical (unpaired) electrons. The number of pyridine rings is 1. The number of nitrogens with one attached hydrogen (secondary N) is 1. The monoisotopic (exact) mass is 346 g/mol. The molecule has 0 bridgehead atoms. The number of carbonyl (C=O) groups is 1. The Bertz CT molecular complexity index is 891. The summed E-state index contributed by atoms with van der Waals surface area (Å²) >= 11 is 0. The topological polar surface area (TPSA) is 62.2 Å². The molecule has 4 nitrogen and oxygen atoms in total. The summed E-state index contributed by atoms with van der Waals surface area (Å²) in [7, 11) is 0. The Hall–Kier alpha value is -2.98. The SMILES string of the molecule is Cc1ccc(-c2ccncc2)cc1NC(=O)CC(C)(O)c1ccccc1. The Labute approximate surface area is 153 Å². The maximum Gasteiger partial charge on any atom is 0.227 e. The maximum atomic E-state index is 12.5. The highest BCUT2D eigenvalue weighted by Crippen LogP contribution is 2.27. The largest absolute Gasteiger partial charge is 0.385 e. The minimum absolute atomic E-state index is 0.0179. The van der Waals surface area contributed by atoms with E-state index in [9.17, 15) is 9.90 Å². The van der Waals surface area contributed by atoms with Gasteiger partial charge in [-0.15, -0.1) is 0 Å². The number of aliphatic hydroxyl groups is 1. The molecule has 4 heteroatoms. The van der Waals surface area contributed by atoms with Gasteiger partial charge in [-0.1, -0.05) is 42.5 Å². The van der Waals surface area contributed by atoms with Crippen molar-refractivity contribution in [2.24, 2.45) is 0 Å². The molecule has 1 amide bonds. The standard InChI is InChI=1S/C22H22N2O2/c1-16-8-9-18(17-10-12-23-13-11-17)14-20(16)24-21(25)15-22(2,26)19-6-4-3-5-7-19/h3-14,26H,15H2,1-2H3,(H,24,25). The number of benzene rings is 2. The summed E-state index contributed by atoms with van der Waals surface area (Å²) in [4.78, 5) is 16.6. The molecule has 26 heavy (non-hydrogen) atoms. The van der Waals surface area contributed by atoms with Gasteiger partial charge in [-0.3, -0.25) is 9.78 Å². The smallest absolute Gasteiger partial charge is 0.227 e. The van der Waals surface area contributed by atoms with Crippen molar-refractivity contribution in [3.63, 3.8) is 0 Å². The van der Waals surface area contributed by atoms with Crippen LogP contribution in [0.2, 0.25) is 0 Å². The van der Waals surface area contributed by atoms with Crippen LogP contribution in [0.25, 0.3) is 11.1 Å². The predicted molar refractivity (Wildman–Crippen MR) is 104 cm³/mol. The van der Waals surface area contributed by atoms with Crippen LogP contribution >= 0.6 is 0 Å². The molecule has 1 atom stereocenters. The predicted octanol–water partition coefficient (Wildman–Crippen LogP) is 4.29. The summed E-state index contributed by atoms with van der Waals surface area (Å²) in [6.07, 6.45) is 3.46. The summed E-state index contributed by atoms with van der Waals surface area (Å²) < 4.78 is 0. The second-order valence-corrected chi connectivity index (χ2v) is 6.63. The summed E-state index contributed by atoms with van der Waals surface area (Å²) in [5.41, 5.74) is 3.25. The number of hydrogen-bond donors (Lipinski definition) is 2. The molecule has 3 aromatic rings. The molecule has 0 spiro atoms. The average Bonchev–Trinajstić information content (AvgIpc) is 2.64. The van der Waals surface area contributed by atoms with E-state index < -0.39 is 5.60 Å². The van der Waals surface area contributed by atoms with Crippen molar-refractivity contribution in [2.45, 2.75) is 25.9 Å². The molecule has 0 fully saturated rings. The van der Waals surface area contributed by atoms with Gasteiger partial charge in [0.2, 0.25) is 5.91 Å². The van der Waals surface area contributed by atoms with Crippen molar-refractivity contribution in [3.8, 4) is 11.1 Å². The fraction of sp³-hybridized carbons (Fsp3) is 0.182. The van der Waals surface area contributed by atoms with Gasteiger partial charge in [-0.05, 0) is 54.3 Å². The van der Waals surface area contributed by atoms with Gasteiger partial charge < -0.3 is 10.4 Å². The third-order valence-corrected chi connectivity index (χ3v) is 4.43. The van der Waals surface area contributed by atoms with Crippen molar-refractivity contribution in [3.05, 3.63) is 84.2 Å². The first-order chi connectivity index (χ1) is 12.5. The third kappa shape index (κ3) is 4.16. The Morgan fingerprint density at radius 2 is 1.73 bits per heavy atom. The lowest BCUT2D eigenvalue weighted by Gasteiger charge is -2.23. The van der Waals surface area contributed by atoms with E-state index in [2.05, 4.69) is 10.3 Å². The van der Waals surface area contributed by atoms with Gasteiger partial charge >= 0.3 is 0 Å². The van der Waals surface area contributed by atoms with Crippen LogP contribution in [0.3, 0.4) is 0 Å². The zero-order chi connectivity index (χ0) is 18.6. The summed E-state index contributed by atoms with van der Waals surface area (Å²) in [6, 6.07) is 19.0. The summed E-state index contributed by atoms with van der Waals surface area (Å²) in [5.74, 6) is -0.228. The molecule has 0 aliphatic carbocycles. The lowest BCUT2D eigenvalue weighted by molar-refractivity contribution is -0.120. The van der Waals surface area contributed by atoms with E-state index >= 15 is 0 Å². The van der Waals surface area contributed by atoms with E-state index in [0.29, 0.717) is 0 Å². The Balaban J connectivity index is 1.77. The lowest BCUT2D eigenvalue weighted by atomic mass is 9.92. The number of carbonyl (C=O) groups excluding carboxylic acids is 1. The van der Waals surface area contributed by atoms with Gasteiger partial charge in [0.25, 0.3) is 0 Å². The molecular formula is C22H22N2O2. The van der Waals surface area contributed by atoms with Crippen LogP contribution in [0.5, 0.6) is 0 Å². The van der Waals surface area contributed by atoms with Crippen LogP contribution in [0, 0.1) is 6.92 Å². The Morgan fingerprint density at radius 1 is 1.04 bits per heavy atom. The molecule has 2 N–H and O–H groups in total. The van der Waals surface area contributed by atoms with Crippen LogP contribution in [0.4, 0.5) is 5.69 Å². The average molecular weight is 346 g/mol. The minimum Gasteiger partial charge on any atom is -0.385 e. The van der Waals surface area contributed by atoms with Crippen LogP contribution < -0.4 is 5.32 Å². The minimum atomic E-state index is -1.22. The van der Waals surface area contributed by atoms with E-state index in [1.165, 1.54) is 0 Å². The fourth-order valence-corrected chi connectivity index (χ4v) is 2.89. The number of aromatic nitrogens is 1. The van der Waals surface area contributed by atoms with Crippen molar-refractivity contribution in [1.29, 1.82) is 0 Å². The maximum absolute atomic E-state index is 12.5. The first-order valence-corrected chi connectivity index (χ1v) is 8.54. The zero-order valence-electron chi connectivity index (χ0n) is 14.9. The highest BCUT2D eigenvalue weighted by Gasteiger charge is 2.26. The van der Waals surface area contributed by atoms with Gasteiger partial charge in [0, 0.05) is 18.1 Å².